The van der Waals surface area contributed by atoms with E-state index in [-0.39, 0.29) is 28.4 Å². The Bertz CT molecular complexity index is 4910. The van der Waals surface area contributed by atoms with Crippen molar-refractivity contribution in [1.82, 2.24) is 13.7 Å². The van der Waals surface area contributed by atoms with Crippen LogP contribution in [0.4, 0.5) is 0 Å². The highest BCUT2D eigenvalue weighted by atomic mass is 15.1. The van der Waals surface area contributed by atoms with Crippen molar-refractivity contribution < 1.29 is 0 Å². The lowest BCUT2D eigenvalue weighted by atomic mass is 9.33. The Morgan fingerprint density at radius 3 is 1.55 bits per heavy atom. The highest BCUT2D eigenvalue weighted by molar-refractivity contribution is 7.00. The van der Waals surface area contributed by atoms with Crippen LogP contribution in [0.3, 0.4) is 0 Å². The van der Waals surface area contributed by atoms with E-state index in [1.54, 1.807) is 0 Å². The van der Waals surface area contributed by atoms with E-state index in [0.29, 0.717) is 17.8 Å². The second-order valence-corrected chi connectivity index (χ2v) is 31.2. The van der Waals surface area contributed by atoms with E-state index in [2.05, 4.69) is 278 Å². The fraction of sp³-hybridized carbons (Fsp3) is 0.325. The third kappa shape index (κ3) is 6.56. The van der Waals surface area contributed by atoms with Gasteiger partial charge in [-0.25, -0.2) is 0 Å². The molecule has 0 fully saturated rings. The summed E-state index contributed by atoms with van der Waals surface area (Å²) >= 11 is 0. The molecule has 0 saturated heterocycles. The van der Waals surface area contributed by atoms with Gasteiger partial charge in [-0.3, -0.25) is 0 Å². The summed E-state index contributed by atoms with van der Waals surface area (Å²) in [7, 11) is 0. The van der Waals surface area contributed by atoms with Gasteiger partial charge in [0.05, 0.1) is 33.0 Å². The maximum absolute atomic E-state index is 2.83. The molecule has 0 amide bonds. The Hall–Kier alpha value is -7.56. The molecule has 0 bridgehead atoms. The summed E-state index contributed by atoms with van der Waals surface area (Å²) < 4.78 is 8.23. The molecule has 9 aromatic carbocycles. The van der Waals surface area contributed by atoms with Gasteiger partial charge in [0.1, 0.15) is 0 Å². The van der Waals surface area contributed by atoms with E-state index in [4.69, 9.17) is 0 Å². The maximum atomic E-state index is 2.83. The first kappa shape index (κ1) is 52.0. The molecule has 418 valence electrons. The first-order valence-electron chi connectivity index (χ1n) is 31.5. The zero-order chi connectivity index (χ0) is 58.7. The predicted octanol–water partition coefficient (Wildman–Crippen LogP) is 19.4. The number of rotatable bonds is 4. The zero-order valence-electron chi connectivity index (χ0n) is 52.9. The van der Waals surface area contributed by atoms with Crippen LogP contribution in [0.25, 0.3) is 93.6 Å². The fourth-order valence-corrected chi connectivity index (χ4v) is 16.2. The van der Waals surface area contributed by atoms with Gasteiger partial charge in [-0.1, -0.05) is 210 Å². The standard InChI is InChI=1S/C80H80BN3/c1-42(2)45-20-19-21-52(32-45)82-67-34-47(44(5)6)22-26-55(67)69-68(82)41-64-75-70(69)58-33-46(43(3)4)23-30-65(58)83(75)66-31-29-59-74-71(66)81(64)63-40-51(79(16,17)18)36-57-56-35-50(78(13,14)15)39-62(72(56)84(74)73(57)63)80(59)60-37-48(76(7,8)9)24-27-53(60)54-28-25-49(38-61(54)80)77(10,11)12/h19-44H,1-18H3. The molecule has 1 spiro atoms. The Labute approximate surface area is 497 Å². The molecule has 4 aliphatic rings. The molecule has 0 atom stereocenters. The van der Waals surface area contributed by atoms with Gasteiger partial charge in [-0.15, -0.1) is 0 Å². The van der Waals surface area contributed by atoms with Gasteiger partial charge in [-0.05, 0) is 183 Å². The Morgan fingerprint density at radius 1 is 0.369 bits per heavy atom. The van der Waals surface area contributed by atoms with Gasteiger partial charge < -0.3 is 13.7 Å². The van der Waals surface area contributed by atoms with Gasteiger partial charge in [0.15, 0.2) is 0 Å². The molecule has 6 heterocycles. The monoisotopic (exact) mass is 1090 g/mol. The van der Waals surface area contributed by atoms with Gasteiger partial charge in [0, 0.05) is 54.9 Å². The molecular weight excluding hydrogens is 1010 g/mol. The predicted molar refractivity (Wildman–Crippen MR) is 362 cm³/mol. The molecule has 0 N–H and O–H groups in total. The van der Waals surface area contributed by atoms with Crippen LogP contribution in [-0.4, -0.2) is 20.4 Å². The summed E-state index contributed by atoms with van der Waals surface area (Å²) in [5.41, 5.74) is 33.0. The van der Waals surface area contributed by atoms with Crippen molar-refractivity contribution in [3.8, 4) is 28.2 Å². The molecule has 3 nitrogen and oxygen atoms in total. The van der Waals surface area contributed by atoms with Crippen molar-refractivity contribution in [3.63, 3.8) is 0 Å². The van der Waals surface area contributed by atoms with Crippen molar-refractivity contribution in [1.29, 1.82) is 0 Å². The average Bonchev–Trinajstić information content (AvgIpc) is 1.41. The first-order chi connectivity index (χ1) is 39.7. The second-order valence-electron chi connectivity index (χ2n) is 31.2. The number of aromatic nitrogens is 3. The van der Waals surface area contributed by atoms with E-state index in [0.717, 1.165) is 0 Å². The zero-order valence-corrected chi connectivity index (χ0v) is 52.9. The highest BCUT2D eigenvalue weighted by Gasteiger charge is 2.55. The van der Waals surface area contributed by atoms with Crippen LogP contribution in [0.1, 0.15) is 204 Å². The maximum Gasteiger partial charge on any atom is 0.252 e. The van der Waals surface area contributed by atoms with E-state index in [1.807, 2.05) is 0 Å². The topological polar surface area (TPSA) is 14.8 Å². The van der Waals surface area contributed by atoms with Crippen molar-refractivity contribution >= 4 is 88.5 Å². The number of hydrogen-bond donors (Lipinski definition) is 0. The highest BCUT2D eigenvalue weighted by Crippen LogP contribution is 2.63. The first-order valence-corrected chi connectivity index (χ1v) is 31.5. The van der Waals surface area contributed by atoms with E-state index in [1.165, 1.54) is 171 Å². The molecule has 4 heteroatoms. The smallest absolute Gasteiger partial charge is 0.252 e. The molecule has 0 saturated carbocycles. The summed E-state index contributed by atoms with van der Waals surface area (Å²) in [6, 6.07) is 57.9. The third-order valence-electron chi connectivity index (χ3n) is 20.9. The van der Waals surface area contributed by atoms with Crippen LogP contribution in [0.15, 0.2) is 140 Å². The van der Waals surface area contributed by atoms with Crippen LogP contribution in [0, 0.1) is 0 Å². The molecule has 1 aliphatic carbocycles. The number of nitrogens with zero attached hydrogens (tertiary/aromatic N) is 3. The normalized spacial score (nSPS) is 14.9. The van der Waals surface area contributed by atoms with E-state index in [9.17, 15) is 0 Å². The average molecular weight is 1090 g/mol. The quantitative estimate of drug-likeness (QED) is 0.156. The van der Waals surface area contributed by atoms with Crippen LogP contribution in [-0.2, 0) is 27.1 Å². The van der Waals surface area contributed by atoms with Crippen molar-refractivity contribution in [2.45, 2.75) is 169 Å². The molecule has 3 aromatic heterocycles. The summed E-state index contributed by atoms with van der Waals surface area (Å²) in [5.74, 6) is 1.14. The lowest BCUT2D eigenvalue weighted by molar-refractivity contribution is 0.583. The molecule has 0 unspecified atom stereocenters. The fourth-order valence-electron chi connectivity index (χ4n) is 16.2. The molecular formula is C80H80BN3. The summed E-state index contributed by atoms with van der Waals surface area (Å²) in [6.07, 6.45) is 0. The van der Waals surface area contributed by atoms with Crippen molar-refractivity contribution in [3.05, 3.63) is 201 Å². The van der Waals surface area contributed by atoms with Crippen molar-refractivity contribution in [2.75, 3.05) is 0 Å². The van der Waals surface area contributed by atoms with E-state index < -0.39 is 5.41 Å². The molecule has 0 radical (unpaired) electrons. The second kappa shape index (κ2) is 16.4. The van der Waals surface area contributed by atoms with Gasteiger partial charge >= 0.3 is 0 Å². The van der Waals surface area contributed by atoms with Crippen LogP contribution >= 0.6 is 0 Å². The van der Waals surface area contributed by atoms with Gasteiger partial charge in [0.2, 0.25) is 0 Å². The molecule has 84 heavy (non-hydrogen) atoms. The lowest BCUT2D eigenvalue weighted by Crippen LogP contribution is -2.60. The molecule has 16 rings (SSSR count). The number of hydrogen-bond acceptors (Lipinski definition) is 0. The summed E-state index contributed by atoms with van der Waals surface area (Å²) in [4.78, 5) is 0. The van der Waals surface area contributed by atoms with E-state index >= 15 is 0 Å². The minimum Gasteiger partial charge on any atom is -0.310 e. The van der Waals surface area contributed by atoms with Crippen LogP contribution < -0.4 is 16.4 Å². The Morgan fingerprint density at radius 2 is 0.929 bits per heavy atom. The molecule has 3 aliphatic heterocycles. The lowest BCUT2D eigenvalue weighted by Gasteiger charge is -2.45. The summed E-state index contributed by atoms with van der Waals surface area (Å²) in [6.45, 7) is 42.9. The molecule has 12 aromatic rings. The van der Waals surface area contributed by atoms with Crippen molar-refractivity contribution in [2.24, 2.45) is 0 Å². The summed E-state index contributed by atoms with van der Waals surface area (Å²) in [5, 5.41) is 8.11. The third-order valence-corrected chi connectivity index (χ3v) is 20.9. The number of benzene rings is 9. The Kier molecular flexibility index (Phi) is 10.2. The largest absolute Gasteiger partial charge is 0.310 e. The minimum absolute atomic E-state index is 0.0680. The van der Waals surface area contributed by atoms with Gasteiger partial charge in [-0.2, -0.15) is 0 Å². The van der Waals surface area contributed by atoms with Gasteiger partial charge in [0.25, 0.3) is 6.71 Å². The Balaban J connectivity index is 1.17. The van der Waals surface area contributed by atoms with Crippen LogP contribution in [0.5, 0.6) is 0 Å². The number of fused-ring (bicyclic) bond motifs is 18. The minimum atomic E-state index is -0.636. The SMILES string of the molecule is CC(C)c1cccc(-n2c3cc(C(C)C)ccc3c3c4c5cc(C(C)C)ccc5n5c4c(cc32)B2c3c-5ccc4c3-n3c5c2cc(C(C)(C)C)cc5c2cc(C(C)(C)C)cc(c23)C42c3cc(C(C)(C)C)ccc3-c3ccc(C(C)(C)C)cc32)c1. The van der Waals surface area contributed by atoms with Crippen LogP contribution in [0.2, 0.25) is 0 Å².